The average molecular weight is 776 g/mol. The molecule has 4 aromatic rings. The summed E-state index contributed by atoms with van der Waals surface area (Å²) in [7, 11) is 0. The number of fused-ring (bicyclic) bond motifs is 1. The van der Waals surface area contributed by atoms with Crippen molar-refractivity contribution in [3.05, 3.63) is 105 Å². The molecule has 3 aliphatic rings. The molecule has 0 bridgehead atoms. The van der Waals surface area contributed by atoms with Gasteiger partial charge in [0.1, 0.15) is 42.2 Å². The lowest BCUT2D eigenvalue weighted by molar-refractivity contribution is -0.0281. The van der Waals surface area contributed by atoms with Crippen molar-refractivity contribution in [2.45, 2.75) is 76.1 Å². The lowest BCUT2D eigenvalue weighted by Gasteiger charge is -2.29. The van der Waals surface area contributed by atoms with Crippen LogP contribution in [0, 0.1) is 11.3 Å². The molecular formula is C42H45Cl2FN4O5. The fourth-order valence-corrected chi connectivity index (χ4v) is 8.01. The molecule has 0 unspecified atom stereocenters. The van der Waals surface area contributed by atoms with Crippen LogP contribution in [-0.4, -0.2) is 72.8 Å². The van der Waals surface area contributed by atoms with Crippen molar-refractivity contribution in [1.82, 2.24) is 15.2 Å². The molecule has 2 fully saturated rings. The van der Waals surface area contributed by atoms with Gasteiger partial charge in [0.25, 0.3) is 0 Å². The predicted molar refractivity (Wildman–Crippen MR) is 206 cm³/mol. The third-order valence-corrected chi connectivity index (χ3v) is 11.1. The van der Waals surface area contributed by atoms with Gasteiger partial charge in [-0.2, -0.15) is 5.26 Å². The Morgan fingerprint density at radius 1 is 0.981 bits per heavy atom. The van der Waals surface area contributed by atoms with Crippen LogP contribution in [0.4, 0.5) is 4.39 Å². The van der Waals surface area contributed by atoms with Crippen LogP contribution in [0.5, 0.6) is 17.2 Å². The SMILES string of the molecule is N#Cc1cncc(COc2cc(O[C@H]3CCc4c(-c5cccc(OCCCN6CCC(F)CC6)c5Cl)cccc43)c(Cl)cc2CN[C@H]2CCOC[C@H]2O)c1. The number of nitriles is 1. The molecular weight excluding hydrogens is 730 g/mol. The first kappa shape index (κ1) is 38.3. The summed E-state index contributed by atoms with van der Waals surface area (Å²) in [6, 6.07) is 19.5. The monoisotopic (exact) mass is 774 g/mol. The van der Waals surface area contributed by atoms with E-state index in [1.807, 2.05) is 36.4 Å². The number of hydrogen-bond donors (Lipinski definition) is 2. The zero-order valence-corrected chi connectivity index (χ0v) is 31.6. The van der Waals surface area contributed by atoms with Crippen LogP contribution < -0.4 is 19.5 Å². The molecule has 0 radical (unpaired) electrons. The van der Waals surface area contributed by atoms with E-state index in [0.717, 1.165) is 66.7 Å². The first-order valence-electron chi connectivity index (χ1n) is 18.7. The number of aliphatic hydroxyl groups excluding tert-OH is 1. The fourth-order valence-electron chi connectivity index (χ4n) is 7.50. The summed E-state index contributed by atoms with van der Waals surface area (Å²) in [5.41, 5.74) is 6.22. The zero-order valence-electron chi connectivity index (χ0n) is 30.1. The molecule has 2 N–H and O–H groups in total. The molecule has 2 aliphatic heterocycles. The first-order chi connectivity index (χ1) is 26.4. The highest BCUT2D eigenvalue weighted by atomic mass is 35.5. The standard InChI is InChI=1S/C42H45Cl2FN4O5/c43-35-19-29(24-48-36-12-17-51-26-37(36)50)40(53-25-28-18-27(21-46)22-47-23-28)20-41(35)54-38-9-8-32-31(4-1-5-33(32)38)34-6-2-7-39(42(34)44)52-16-3-13-49-14-10-30(45)11-15-49/h1-2,4-7,18-20,22-23,30,36-38,48,50H,3,8-17,24-26H2/t36-,37+,38-/m0/s1. The Morgan fingerprint density at radius 2 is 1.81 bits per heavy atom. The van der Waals surface area contributed by atoms with Crippen molar-refractivity contribution >= 4 is 23.2 Å². The van der Waals surface area contributed by atoms with Gasteiger partial charge in [-0.25, -0.2) is 4.39 Å². The third kappa shape index (κ3) is 9.28. The Labute approximate surface area is 325 Å². The maximum atomic E-state index is 13.5. The molecule has 0 amide bonds. The molecule has 54 heavy (non-hydrogen) atoms. The topological polar surface area (TPSA) is 109 Å². The highest BCUT2D eigenvalue weighted by Crippen LogP contribution is 2.45. The largest absolute Gasteiger partial charge is 0.492 e. The summed E-state index contributed by atoms with van der Waals surface area (Å²) < 4.78 is 38.1. The lowest BCUT2D eigenvalue weighted by Crippen LogP contribution is -2.46. The van der Waals surface area contributed by atoms with Crippen molar-refractivity contribution in [1.29, 1.82) is 5.26 Å². The summed E-state index contributed by atoms with van der Waals surface area (Å²) in [6.45, 7) is 4.47. The molecule has 2 saturated heterocycles. The Balaban J connectivity index is 1.07. The number of aliphatic hydroxyl groups is 1. The third-order valence-electron chi connectivity index (χ3n) is 10.4. The highest BCUT2D eigenvalue weighted by Gasteiger charge is 2.29. The van der Waals surface area contributed by atoms with Crippen LogP contribution in [0.1, 0.15) is 66.0 Å². The van der Waals surface area contributed by atoms with E-state index in [4.69, 9.17) is 42.1 Å². The summed E-state index contributed by atoms with van der Waals surface area (Å²) in [4.78, 5) is 6.46. The van der Waals surface area contributed by atoms with Crippen molar-refractivity contribution < 1.29 is 28.4 Å². The molecule has 3 aromatic carbocycles. The number of alkyl halides is 1. The highest BCUT2D eigenvalue weighted by molar-refractivity contribution is 6.35. The number of nitrogens with one attached hydrogen (secondary N) is 1. The number of likely N-dealkylation sites (tertiary alicyclic amines) is 1. The predicted octanol–water partition coefficient (Wildman–Crippen LogP) is 8.01. The number of rotatable bonds is 14. The normalized spacial score (nSPS) is 20.3. The van der Waals surface area contributed by atoms with Gasteiger partial charge >= 0.3 is 0 Å². The van der Waals surface area contributed by atoms with Gasteiger partial charge in [0.05, 0.1) is 34.9 Å². The van der Waals surface area contributed by atoms with E-state index in [1.165, 1.54) is 11.8 Å². The summed E-state index contributed by atoms with van der Waals surface area (Å²) in [6.07, 6.45) is 5.95. The zero-order chi connectivity index (χ0) is 37.4. The van der Waals surface area contributed by atoms with Gasteiger partial charge in [0.2, 0.25) is 0 Å². The maximum absolute atomic E-state index is 13.5. The molecule has 9 nitrogen and oxygen atoms in total. The summed E-state index contributed by atoms with van der Waals surface area (Å²) in [5.74, 6) is 1.72. The molecule has 0 spiro atoms. The fraction of sp³-hybridized carbons (Fsp3) is 0.429. The van der Waals surface area contributed by atoms with E-state index >= 15 is 0 Å². The van der Waals surface area contributed by atoms with Gasteiger partial charge < -0.3 is 34.3 Å². The number of aromatic nitrogens is 1. The number of pyridine rings is 1. The number of nitrogens with zero attached hydrogens (tertiary/aromatic N) is 3. The average Bonchev–Trinajstić information content (AvgIpc) is 3.60. The van der Waals surface area contributed by atoms with Crippen LogP contribution in [-0.2, 0) is 24.3 Å². The van der Waals surface area contributed by atoms with Gasteiger partial charge in [-0.3, -0.25) is 4.98 Å². The molecule has 1 aliphatic carbocycles. The number of benzene rings is 3. The van der Waals surface area contributed by atoms with Crippen LogP contribution in [0.2, 0.25) is 10.0 Å². The minimum atomic E-state index is -0.672. The van der Waals surface area contributed by atoms with Crippen molar-refractivity contribution in [2.24, 2.45) is 0 Å². The number of halogens is 3. The van der Waals surface area contributed by atoms with E-state index in [0.29, 0.717) is 71.9 Å². The van der Waals surface area contributed by atoms with E-state index < -0.39 is 12.3 Å². The van der Waals surface area contributed by atoms with E-state index in [1.54, 1.807) is 12.3 Å². The van der Waals surface area contributed by atoms with Crippen LogP contribution in [0.3, 0.4) is 0 Å². The lowest BCUT2D eigenvalue weighted by atomic mass is 9.96. The first-order valence-corrected chi connectivity index (χ1v) is 19.5. The van der Waals surface area contributed by atoms with Gasteiger partial charge in [-0.1, -0.05) is 53.5 Å². The molecule has 3 atom stereocenters. The van der Waals surface area contributed by atoms with Crippen LogP contribution >= 0.6 is 23.2 Å². The van der Waals surface area contributed by atoms with E-state index in [9.17, 15) is 14.8 Å². The molecule has 0 saturated carbocycles. The molecule has 3 heterocycles. The number of hydrogen-bond acceptors (Lipinski definition) is 9. The number of piperidine rings is 1. The van der Waals surface area contributed by atoms with E-state index in [2.05, 4.69) is 33.4 Å². The Hall–Kier alpha value is -3.95. The quantitative estimate of drug-likeness (QED) is 0.123. The van der Waals surface area contributed by atoms with Gasteiger partial charge in [0.15, 0.2) is 0 Å². The molecule has 1 aromatic heterocycles. The summed E-state index contributed by atoms with van der Waals surface area (Å²) >= 11 is 13.9. The van der Waals surface area contributed by atoms with Gasteiger partial charge in [-0.15, -0.1) is 0 Å². The Kier molecular flexibility index (Phi) is 12.9. The second-order valence-electron chi connectivity index (χ2n) is 14.1. The smallest absolute Gasteiger partial charge is 0.142 e. The second-order valence-corrected chi connectivity index (χ2v) is 14.9. The number of ether oxygens (including phenoxy) is 4. The van der Waals surface area contributed by atoms with Crippen molar-refractivity contribution in [2.75, 3.05) is 39.5 Å². The Morgan fingerprint density at radius 3 is 2.65 bits per heavy atom. The second kappa shape index (κ2) is 18.1. The molecule has 284 valence electrons. The van der Waals surface area contributed by atoms with Gasteiger partial charge in [0, 0.05) is 74.0 Å². The van der Waals surface area contributed by atoms with Crippen molar-refractivity contribution in [3.63, 3.8) is 0 Å². The molecule has 12 heteroatoms. The van der Waals surface area contributed by atoms with Crippen LogP contribution in [0.15, 0.2) is 67.0 Å². The Bertz CT molecular complexity index is 1950. The van der Waals surface area contributed by atoms with Gasteiger partial charge in [-0.05, 0) is 73.4 Å². The summed E-state index contributed by atoms with van der Waals surface area (Å²) in [5, 5.41) is 24.3. The maximum Gasteiger partial charge on any atom is 0.142 e. The molecule has 7 rings (SSSR count). The van der Waals surface area contributed by atoms with Crippen molar-refractivity contribution in [3.8, 4) is 34.4 Å². The van der Waals surface area contributed by atoms with Crippen LogP contribution in [0.25, 0.3) is 11.1 Å². The minimum absolute atomic E-state index is 0.125. The minimum Gasteiger partial charge on any atom is -0.492 e. The van der Waals surface area contributed by atoms with E-state index in [-0.39, 0.29) is 25.4 Å².